The zero-order chi connectivity index (χ0) is 15.5. The van der Waals surface area contributed by atoms with Crippen molar-refractivity contribution in [2.24, 2.45) is 4.99 Å². The zero-order valence-electron chi connectivity index (χ0n) is 11.8. The normalized spacial score (nSPS) is 18.0. The van der Waals surface area contributed by atoms with Crippen LogP contribution in [0.25, 0.3) is 6.08 Å². The largest absolute Gasteiger partial charge is 0.300 e. The van der Waals surface area contributed by atoms with E-state index in [0.717, 1.165) is 15.7 Å². The predicted octanol–water partition coefficient (Wildman–Crippen LogP) is 4.65. The van der Waals surface area contributed by atoms with Crippen LogP contribution in [0.3, 0.4) is 0 Å². The van der Waals surface area contributed by atoms with Crippen LogP contribution >= 0.6 is 27.7 Å². The van der Waals surface area contributed by atoms with Crippen LogP contribution in [0.2, 0.25) is 0 Å². The summed E-state index contributed by atoms with van der Waals surface area (Å²) in [6.07, 6.45) is 1.86. The molecule has 1 saturated heterocycles. The van der Waals surface area contributed by atoms with Crippen LogP contribution in [-0.4, -0.2) is 11.1 Å². The minimum absolute atomic E-state index is 0.115. The van der Waals surface area contributed by atoms with E-state index in [4.69, 9.17) is 0 Å². The van der Waals surface area contributed by atoms with Gasteiger partial charge in [0.15, 0.2) is 5.17 Å². The predicted molar refractivity (Wildman–Crippen MR) is 96.1 cm³/mol. The molecule has 3 rings (SSSR count). The Kier molecular flexibility index (Phi) is 4.45. The minimum atomic E-state index is -0.115. The summed E-state index contributed by atoms with van der Waals surface area (Å²) in [7, 11) is 0. The number of nitrogens with zero attached hydrogens (tertiary/aromatic N) is 1. The Balaban J connectivity index is 1.82. The van der Waals surface area contributed by atoms with Crippen LogP contribution in [0.15, 0.2) is 62.9 Å². The third-order valence-corrected chi connectivity index (χ3v) is 4.47. The van der Waals surface area contributed by atoms with Crippen molar-refractivity contribution in [1.82, 2.24) is 5.32 Å². The minimum Gasteiger partial charge on any atom is -0.300 e. The van der Waals surface area contributed by atoms with Gasteiger partial charge >= 0.3 is 0 Å². The second-order valence-corrected chi connectivity index (χ2v) is 6.82. The van der Waals surface area contributed by atoms with E-state index in [0.29, 0.717) is 10.1 Å². The lowest BCUT2D eigenvalue weighted by molar-refractivity contribution is -0.115. The SMILES string of the molecule is Cc1ccc(N=C2NC(=O)/C(=C/c3cccc(Br)c3)S2)cc1. The van der Waals surface area contributed by atoms with Crippen LogP contribution < -0.4 is 5.32 Å². The summed E-state index contributed by atoms with van der Waals surface area (Å²) >= 11 is 4.78. The molecule has 1 N–H and O–H groups in total. The van der Waals surface area contributed by atoms with E-state index in [9.17, 15) is 4.79 Å². The van der Waals surface area contributed by atoms with Crippen molar-refractivity contribution >= 4 is 50.5 Å². The number of hydrogen-bond acceptors (Lipinski definition) is 3. The summed E-state index contributed by atoms with van der Waals surface area (Å²) in [6.45, 7) is 2.03. The van der Waals surface area contributed by atoms with Gasteiger partial charge in [-0.1, -0.05) is 45.8 Å². The molecule has 1 aliphatic rings. The van der Waals surface area contributed by atoms with Gasteiger partial charge in [0.2, 0.25) is 0 Å². The molecule has 0 radical (unpaired) electrons. The van der Waals surface area contributed by atoms with Crippen molar-refractivity contribution in [3.8, 4) is 0 Å². The van der Waals surface area contributed by atoms with Crippen molar-refractivity contribution in [3.63, 3.8) is 0 Å². The number of aliphatic imine (C=N–C) groups is 1. The first-order valence-electron chi connectivity index (χ1n) is 6.72. The summed E-state index contributed by atoms with van der Waals surface area (Å²) in [5.41, 5.74) is 2.99. The summed E-state index contributed by atoms with van der Waals surface area (Å²) in [4.78, 5) is 17.1. The maximum absolute atomic E-state index is 12.0. The van der Waals surface area contributed by atoms with E-state index in [1.165, 1.54) is 17.3 Å². The van der Waals surface area contributed by atoms with E-state index in [1.807, 2.05) is 61.5 Å². The van der Waals surface area contributed by atoms with E-state index in [1.54, 1.807) is 0 Å². The van der Waals surface area contributed by atoms with Gasteiger partial charge in [-0.25, -0.2) is 4.99 Å². The summed E-state index contributed by atoms with van der Waals surface area (Å²) in [6, 6.07) is 15.7. The number of halogens is 1. The molecule has 5 heteroatoms. The summed E-state index contributed by atoms with van der Waals surface area (Å²) in [5, 5.41) is 3.40. The smallest absolute Gasteiger partial charge is 0.264 e. The summed E-state index contributed by atoms with van der Waals surface area (Å²) in [5.74, 6) is -0.115. The third-order valence-electron chi connectivity index (χ3n) is 3.06. The van der Waals surface area contributed by atoms with Crippen molar-refractivity contribution in [1.29, 1.82) is 0 Å². The Morgan fingerprint density at radius 3 is 2.68 bits per heavy atom. The average Bonchev–Trinajstić information content (AvgIpc) is 2.81. The number of carbonyl (C=O) groups is 1. The quantitative estimate of drug-likeness (QED) is 0.779. The van der Waals surface area contributed by atoms with Gasteiger partial charge in [0.25, 0.3) is 5.91 Å². The molecule has 0 bridgehead atoms. The Morgan fingerprint density at radius 2 is 1.95 bits per heavy atom. The van der Waals surface area contributed by atoms with Crippen molar-refractivity contribution < 1.29 is 4.79 Å². The fourth-order valence-electron chi connectivity index (χ4n) is 1.96. The second kappa shape index (κ2) is 6.50. The Hall–Kier alpha value is -1.85. The first-order chi connectivity index (χ1) is 10.6. The molecule has 0 saturated carbocycles. The van der Waals surface area contributed by atoms with Crippen LogP contribution in [0, 0.1) is 6.92 Å². The van der Waals surface area contributed by atoms with Gasteiger partial charge < -0.3 is 5.32 Å². The number of aryl methyl sites for hydroxylation is 1. The topological polar surface area (TPSA) is 41.5 Å². The van der Waals surface area contributed by atoms with Gasteiger partial charge in [-0.05, 0) is 54.6 Å². The van der Waals surface area contributed by atoms with Gasteiger partial charge in [0.05, 0.1) is 10.6 Å². The van der Waals surface area contributed by atoms with Crippen molar-refractivity contribution in [2.75, 3.05) is 0 Å². The monoisotopic (exact) mass is 372 g/mol. The molecule has 3 nitrogen and oxygen atoms in total. The van der Waals surface area contributed by atoms with Crippen LogP contribution in [0.4, 0.5) is 5.69 Å². The number of benzene rings is 2. The highest BCUT2D eigenvalue weighted by Gasteiger charge is 2.23. The first kappa shape index (κ1) is 15.1. The number of rotatable bonds is 2. The Morgan fingerprint density at radius 1 is 1.18 bits per heavy atom. The highest BCUT2D eigenvalue weighted by Crippen LogP contribution is 2.28. The fourth-order valence-corrected chi connectivity index (χ4v) is 3.22. The zero-order valence-corrected chi connectivity index (χ0v) is 14.2. The molecular formula is C17H13BrN2OS. The van der Waals surface area contributed by atoms with Crippen molar-refractivity contribution in [3.05, 3.63) is 69.0 Å². The standard InChI is InChI=1S/C17H13BrN2OS/c1-11-5-7-14(8-6-11)19-17-20-16(21)15(22-17)10-12-3-2-4-13(18)9-12/h2-10H,1H3,(H,19,20,21)/b15-10-. The highest BCUT2D eigenvalue weighted by molar-refractivity contribution is 9.10. The average molecular weight is 373 g/mol. The van der Waals surface area contributed by atoms with Gasteiger partial charge in [-0.3, -0.25) is 4.79 Å². The molecule has 1 aliphatic heterocycles. The second-order valence-electron chi connectivity index (χ2n) is 4.87. The number of thioether (sulfide) groups is 1. The van der Waals surface area contributed by atoms with E-state index < -0.39 is 0 Å². The number of nitrogens with one attached hydrogen (secondary N) is 1. The lowest BCUT2D eigenvalue weighted by Crippen LogP contribution is -2.19. The van der Waals surface area contributed by atoms with E-state index in [-0.39, 0.29) is 5.91 Å². The lowest BCUT2D eigenvalue weighted by Gasteiger charge is -1.97. The number of amides is 1. The maximum atomic E-state index is 12.0. The molecule has 0 aliphatic carbocycles. The number of amidine groups is 1. The lowest BCUT2D eigenvalue weighted by atomic mass is 10.2. The van der Waals surface area contributed by atoms with Crippen LogP contribution in [0.5, 0.6) is 0 Å². The molecule has 1 heterocycles. The van der Waals surface area contributed by atoms with Crippen LogP contribution in [-0.2, 0) is 4.79 Å². The molecular weight excluding hydrogens is 360 g/mol. The molecule has 1 amide bonds. The maximum Gasteiger partial charge on any atom is 0.264 e. The summed E-state index contributed by atoms with van der Waals surface area (Å²) < 4.78 is 0.985. The number of carbonyl (C=O) groups excluding carboxylic acids is 1. The van der Waals surface area contributed by atoms with Gasteiger partial charge in [0, 0.05) is 4.47 Å². The molecule has 110 valence electrons. The molecule has 1 fully saturated rings. The fraction of sp³-hybridized carbons (Fsp3) is 0.0588. The van der Waals surface area contributed by atoms with E-state index in [2.05, 4.69) is 26.2 Å². The van der Waals surface area contributed by atoms with Crippen LogP contribution in [0.1, 0.15) is 11.1 Å². The Bertz CT molecular complexity index is 782. The molecule has 0 atom stereocenters. The molecule has 0 unspecified atom stereocenters. The molecule has 2 aromatic carbocycles. The molecule has 22 heavy (non-hydrogen) atoms. The first-order valence-corrected chi connectivity index (χ1v) is 8.33. The van der Waals surface area contributed by atoms with Gasteiger partial charge in [-0.15, -0.1) is 0 Å². The molecule has 2 aromatic rings. The van der Waals surface area contributed by atoms with Crippen molar-refractivity contribution in [2.45, 2.75) is 6.92 Å². The number of hydrogen-bond donors (Lipinski definition) is 1. The third kappa shape index (κ3) is 3.67. The van der Waals surface area contributed by atoms with E-state index >= 15 is 0 Å². The Labute approximate surface area is 141 Å². The highest BCUT2D eigenvalue weighted by atomic mass is 79.9. The van der Waals surface area contributed by atoms with Gasteiger partial charge in [0.1, 0.15) is 0 Å². The van der Waals surface area contributed by atoms with Gasteiger partial charge in [-0.2, -0.15) is 0 Å². The molecule has 0 spiro atoms. The molecule has 0 aromatic heterocycles.